The fourth-order valence-corrected chi connectivity index (χ4v) is 3.86. The van der Waals surface area contributed by atoms with E-state index in [0.717, 1.165) is 41.9 Å². The van der Waals surface area contributed by atoms with Crippen LogP contribution in [-0.2, 0) is 0 Å². The molecule has 1 saturated heterocycles. The van der Waals surface area contributed by atoms with E-state index in [4.69, 9.17) is 4.98 Å². The number of benzene rings is 1. The van der Waals surface area contributed by atoms with Crippen LogP contribution in [0.3, 0.4) is 0 Å². The normalized spacial score (nSPS) is 16.1. The summed E-state index contributed by atoms with van der Waals surface area (Å²) in [6.45, 7) is 2.62. The Morgan fingerprint density at radius 2 is 1.83 bits per heavy atom. The van der Waals surface area contributed by atoms with E-state index < -0.39 is 0 Å². The first-order chi connectivity index (χ1) is 14.0. The average molecular weight is 387 g/mol. The van der Waals surface area contributed by atoms with Crippen LogP contribution in [-0.4, -0.2) is 46.4 Å². The predicted molar refractivity (Wildman–Crippen MR) is 114 cm³/mol. The highest BCUT2D eigenvalue weighted by Gasteiger charge is 2.33. The minimum atomic E-state index is -0.0547. The average Bonchev–Trinajstić information content (AvgIpc) is 3.23. The van der Waals surface area contributed by atoms with Crippen molar-refractivity contribution in [2.45, 2.75) is 25.8 Å². The van der Waals surface area contributed by atoms with E-state index in [-0.39, 0.29) is 11.9 Å². The second kappa shape index (κ2) is 7.99. The third-order valence-electron chi connectivity index (χ3n) is 5.39. The standard InChI is InChI=1S/C23H25N5O/c1-16-25-15-20(17-10-12-24-13-11-17)22(26-16)21-5-4-14-28(21)23(29)18-6-8-19(9-7-18)27(2)3/h6-13,15,21H,4-5,14H2,1-3H3/t21-/m0/s1. The van der Waals surface area contributed by atoms with Gasteiger partial charge in [0.25, 0.3) is 5.91 Å². The van der Waals surface area contributed by atoms with Crippen molar-refractivity contribution >= 4 is 11.6 Å². The first-order valence-corrected chi connectivity index (χ1v) is 9.87. The van der Waals surface area contributed by atoms with Gasteiger partial charge in [0.2, 0.25) is 0 Å². The van der Waals surface area contributed by atoms with Crippen LogP contribution >= 0.6 is 0 Å². The SMILES string of the molecule is Cc1ncc(-c2ccncc2)c([C@@H]2CCCN2C(=O)c2ccc(N(C)C)cc2)n1. The Bertz CT molecular complexity index is 1000. The summed E-state index contributed by atoms with van der Waals surface area (Å²) in [5.41, 5.74) is 4.68. The van der Waals surface area contributed by atoms with Gasteiger partial charge in [0.15, 0.2) is 0 Å². The van der Waals surface area contributed by atoms with Crippen molar-refractivity contribution in [2.75, 3.05) is 25.5 Å². The topological polar surface area (TPSA) is 62.2 Å². The fraction of sp³-hybridized carbons (Fsp3) is 0.304. The molecule has 0 saturated carbocycles. The first-order valence-electron chi connectivity index (χ1n) is 9.87. The van der Waals surface area contributed by atoms with Gasteiger partial charge in [-0.2, -0.15) is 0 Å². The molecule has 29 heavy (non-hydrogen) atoms. The van der Waals surface area contributed by atoms with Gasteiger partial charge in [0.1, 0.15) is 5.82 Å². The lowest BCUT2D eigenvalue weighted by Crippen LogP contribution is -2.31. The molecule has 1 atom stereocenters. The zero-order chi connectivity index (χ0) is 20.4. The Balaban J connectivity index is 1.68. The molecule has 6 nitrogen and oxygen atoms in total. The van der Waals surface area contributed by atoms with E-state index in [1.54, 1.807) is 12.4 Å². The first kappa shape index (κ1) is 19.1. The molecule has 3 aromatic rings. The lowest BCUT2D eigenvalue weighted by molar-refractivity contribution is 0.0733. The van der Waals surface area contributed by atoms with Crippen LogP contribution in [0.2, 0.25) is 0 Å². The molecule has 1 fully saturated rings. The minimum absolute atomic E-state index is 0.0507. The van der Waals surface area contributed by atoms with Crippen molar-refractivity contribution in [1.29, 1.82) is 0 Å². The molecule has 4 rings (SSSR count). The third kappa shape index (κ3) is 3.83. The Labute approximate surface area is 171 Å². The molecule has 6 heteroatoms. The number of hydrogen-bond donors (Lipinski definition) is 0. The van der Waals surface area contributed by atoms with Crippen LogP contribution in [0.1, 0.15) is 40.8 Å². The molecular formula is C23H25N5O. The van der Waals surface area contributed by atoms with Gasteiger partial charge in [-0.15, -0.1) is 0 Å². The number of carbonyl (C=O) groups excluding carboxylic acids is 1. The second-order valence-electron chi connectivity index (χ2n) is 7.55. The molecule has 0 spiro atoms. The van der Waals surface area contributed by atoms with Gasteiger partial charge in [-0.05, 0) is 61.7 Å². The van der Waals surface area contributed by atoms with Crippen LogP contribution in [0.4, 0.5) is 5.69 Å². The maximum Gasteiger partial charge on any atom is 0.254 e. The van der Waals surface area contributed by atoms with Crippen molar-refractivity contribution in [2.24, 2.45) is 0 Å². The molecule has 0 radical (unpaired) electrons. The summed E-state index contributed by atoms with van der Waals surface area (Å²) in [4.78, 5) is 30.6. The third-order valence-corrected chi connectivity index (χ3v) is 5.39. The van der Waals surface area contributed by atoms with Crippen LogP contribution in [0.25, 0.3) is 11.1 Å². The highest BCUT2D eigenvalue weighted by Crippen LogP contribution is 2.37. The molecule has 1 aliphatic rings. The monoisotopic (exact) mass is 387 g/mol. The summed E-state index contributed by atoms with van der Waals surface area (Å²) >= 11 is 0. The Morgan fingerprint density at radius 1 is 1.10 bits per heavy atom. The van der Waals surface area contributed by atoms with Crippen LogP contribution in [0, 0.1) is 6.92 Å². The van der Waals surface area contributed by atoms with Crippen molar-refractivity contribution in [3.8, 4) is 11.1 Å². The van der Waals surface area contributed by atoms with Crippen molar-refractivity contribution < 1.29 is 4.79 Å². The minimum Gasteiger partial charge on any atom is -0.378 e. The number of pyridine rings is 1. The molecular weight excluding hydrogens is 362 g/mol. The number of likely N-dealkylation sites (tertiary alicyclic amines) is 1. The van der Waals surface area contributed by atoms with Crippen molar-refractivity contribution in [3.63, 3.8) is 0 Å². The number of rotatable bonds is 4. The molecule has 1 amide bonds. The number of hydrogen-bond acceptors (Lipinski definition) is 5. The van der Waals surface area contributed by atoms with Gasteiger partial charge in [-0.25, -0.2) is 9.97 Å². The van der Waals surface area contributed by atoms with Crippen molar-refractivity contribution in [3.05, 3.63) is 72.1 Å². The summed E-state index contributed by atoms with van der Waals surface area (Å²) in [6, 6.07) is 11.6. The highest BCUT2D eigenvalue weighted by molar-refractivity contribution is 5.95. The van der Waals surface area contributed by atoms with Gasteiger partial charge in [-0.1, -0.05) is 0 Å². The summed E-state index contributed by atoms with van der Waals surface area (Å²) in [5, 5.41) is 0. The maximum atomic E-state index is 13.3. The maximum absolute atomic E-state index is 13.3. The largest absolute Gasteiger partial charge is 0.378 e. The van der Waals surface area contributed by atoms with Crippen LogP contribution in [0.5, 0.6) is 0 Å². The smallest absolute Gasteiger partial charge is 0.254 e. The molecule has 0 N–H and O–H groups in total. The van der Waals surface area contributed by atoms with E-state index >= 15 is 0 Å². The Hall–Kier alpha value is -3.28. The highest BCUT2D eigenvalue weighted by atomic mass is 16.2. The summed E-state index contributed by atoms with van der Waals surface area (Å²) in [5.74, 6) is 0.766. The lowest BCUT2D eigenvalue weighted by atomic mass is 10.00. The number of aryl methyl sites for hydroxylation is 1. The summed E-state index contributed by atoms with van der Waals surface area (Å²) < 4.78 is 0. The number of amides is 1. The molecule has 148 valence electrons. The fourth-order valence-electron chi connectivity index (χ4n) is 3.86. The van der Waals surface area contributed by atoms with Gasteiger partial charge >= 0.3 is 0 Å². The molecule has 1 aromatic carbocycles. The Kier molecular flexibility index (Phi) is 5.25. The molecule has 3 heterocycles. The molecule has 0 bridgehead atoms. The number of nitrogens with zero attached hydrogens (tertiary/aromatic N) is 5. The summed E-state index contributed by atoms with van der Waals surface area (Å²) in [6.07, 6.45) is 7.26. The quantitative estimate of drug-likeness (QED) is 0.680. The van der Waals surface area contributed by atoms with E-state index in [2.05, 4.69) is 9.97 Å². The zero-order valence-corrected chi connectivity index (χ0v) is 17.0. The van der Waals surface area contributed by atoms with Gasteiger partial charge in [0.05, 0.1) is 11.7 Å². The van der Waals surface area contributed by atoms with E-state index in [1.165, 1.54) is 0 Å². The van der Waals surface area contributed by atoms with Gasteiger partial charge < -0.3 is 9.80 Å². The second-order valence-corrected chi connectivity index (χ2v) is 7.55. The van der Waals surface area contributed by atoms with Gasteiger partial charge in [-0.3, -0.25) is 9.78 Å². The van der Waals surface area contributed by atoms with Crippen molar-refractivity contribution in [1.82, 2.24) is 19.9 Å². The predicted octanol–water partition coefficient (Wildman–Crippen LogP) is 3.89. The lowest BCUT2D eigenvalue weighted by Gasteiger charge is -2.26. The number of anilines is 1. The number of aromatic nitrogens is 3. The van der Waals surface area contributed by atoms with Gasteiger partial charge in [0, 0.05) is 56.0 Å². The summed E-state index contributed by atoms with van der Waals surface area (Å²) in [7, 11) is 3.98. The zero-order valence-electron chi connectivity index (χ0n) is 17.0. The van der Waals surface area contributed by atoms with E-state index in [0.29, 0.717) is 11.4 Å². The molecule has 0 unspecified atom stereocenters. The van der Waals surface area contributed by atoms with E-state index in [9.17, 15) is 4.79 Å². The molecule has 1 aliphatic heterocycles. The molecule has 2 aromatic heterocycles. The number of carbonyl (C=O) groups is 1. The van der Waals surface area contributed by atoms with Crippen LogP contribution < -0.4 is 4.90 Å². The molecule has 0 aliphatic carbocycles. The van der Waals surface area contributed by atoms with Crippen LogP contribution in [0.15, 0.2) is 55.0 Å². The Morgan fingerprint density at radius 3 is 2.52 bits per heavy atom. The van der Waals surface area contributed by atoms with E-state index in [1.807, 2.05) is 73.4 Å².